The summed E-state index contributed by atoms with van der Waals surface area (Å²) in [7, 11) is 0. The van der Waals surface area contributed by atoms with E-state index in [1.165, 1.54) is 0 Å². The normalized spacial score (nSPS) is 13.1. The highest BCUT2D eigenvalue weighted by molar-refractivity contribution is 6.20. The van der Waals surface area contributed by atoms with E-state index in [0.717, 1.165) is 11.0 Å². The van der Waals surface area contributed by atoms with Gasteiger partial charge in [-0.1, -0.05) is 23.4 Å². The van der Waals surface area contributed by atoms with Crippen LogP contribution in [0.1, 0.15) is 18.2 Å². The molecule has 0 fully saturated rings. The van der Waals surface area contributed by atoms with Gasteiger partial charge in [0.1, 0.15) is 11.0 Å². The van der Waals surface area contributed by atoms with Crippen molar-refractivity contribution in [3.05, 3.63) is 36.2 Å². The van der Waals surface area contributed by atoms with Gasteiger partial charge in [0.05, 0.1) is 0 Å². The molecule has 1 aromatic carbocycles. The third kappa shape index (κ3) is 1.80. The van der Waals surface area contributed by atoms with Gasteiger partial charge in [-0.15, -0.1) is 11.6 Å². The Morgan fingerprint density at radius 2 is 2.12 bits per heavy atom. The summed E-state index contributed by atoms with van der Waals surface area (Å²) in [4.78, 5) is 4.17. The highest BCUT2D eigenvalue weighted by Crippen LogP contribution is 2.27. The van der Waals surface area contributed by atoms with Gasteiger partial charge in [-0.25, -0.2) is 0 Å². The summed E-state index contributed by atoms with van der Waals surface area (Å²) in [6.45, 7) is 1.78. The second-order valence-electron chi connectivity index (χ2n) is 3.72. The third-order valence-electron chi connectivity index (χ3n) is 2.43. The Bertz CT molecular complexity index is 624. The maximum atomic E-state index is 5.86. The lowest BCUT2D eigenvalue weighted by Crippen LogP contribution is -1.83. The summed E-state index contributed by atoms with van der Waals surface area (Å²) in [5.41, 5.74) is 0.799. The van der Waals surface area contributed by atoms with Crippen LogP contribution in [0.15, 0.2) is 39.3 Å². The number of alkyl halides is 1. The van der Waals surface area contributed by atoms with Gasteiger partial charge in [0.25, 0.3) is 0 Å². The van der Waals surface area contributed by atoms with E-state index in [1.54, 1.807) is 6.92 Å². The number of hydrogen-bond acceptors (Lipinski definition) is 4. The maximum Gasteiger partial charge on any atom is 0.244 e. The molecule has 5 heteroatoms. The quantitative estimate of drug-likeness (QED) is 0.648. The molecule has 0 aliphatic rings. The lowest BCUT2D eigenvalue weighted by atomic mass is 10.2. The molecule has 0 bridgehead atoms. The number of nitrogens with zero attached hydrogens (tertiary/aromatic N) is 2. The topological polar surface area (TPSA) is 52.1 Å². The number of furan rings is 1. The second-order valence-corrected chi connectivity index (χ2v) is 4.38. The number of para-hydroxylation sites is 1. The Morgan fingerprint density at radius 3 is 2.82 bits per heavy atom. The fraction of sp³-hybridized carbons (Fsp3) is 0.167. The minimum atomic E-state index is -0.305. The molecule has 0 aliphatic heterocycles. The van der Waals surface area contributed by atoms with Crippen molar-refractivity contribution in [1.82, 2.24) is 10.1 Å². The fourth-order valence-electron chi connectivity index (χ4n) is 1.59. The van der Waals surface area contributed by atoms with Crippen molar-refractivity contribution in [2.45, 2.75) is 12.3 Å². The lowest BCUT2D eigenvalue weighted by Gasteiger charge is -1.89. The third-order valence-corrected chi connectivity index (χ3v) is 2.61. The Labute approximate surface area is 102 Å². The van der Waals surface area contributed by atoms with E-state index in [9.17, 15) is 0 Å². The molecule has 4 nitrogen and oxygen atoms in total. The van der Waals surface area contributed by atoms with Crippen LogP contribution < -0.4 is 0 Å². The van der Waals surface area contributed by atoms with Crippen molar-refractivity contribution in [3.8, 4) is 11.6 Å². The molecule has 2 aromatic heterocycles. The predicted molar refractivity (Wildman–Crippen MR) is 63.8 cm³/mol. The zero-order valence-corrected chi connectivity index (χ0v) is 9.81. The monoisotopic (exact) mass is 248 g/mol. The van der Waals surface area contributed by atoms with E-state index in [4.69, 9.17) is 20.5 Å². The molecule has 3 aromatic rings. The minimum Gasteiger partial charge on any atom is -0.453 e. The molecule has 17 heavy (non-hydrogen) atoms. The maximum absolute atomic E-state index is 5.86. The second kappa shape index (κ2) is 3.89. The van der Waals surface area contributed by atoms with Crippen LogP contribution >= 0.6 is 11.6 Å². The molecule has 0 radical (unpaired) electrons. The number of hydrogen-bond donors (Lipinski definition) is 0. The molecule has 86 valence electrons. The highest BCUT2D eigenvalue weighted by Gasteiger charge is 2.15. The molecule has 0 N–H and O–H groups in total. The number of rotatable bonds is 2. The van der Waals surface area contributed by atoms with Crippen LogP contribution in [-0.4, -0.2) is 10.1 Å². The van der Waals surface area contributed by atoms with Gasteiger partial charge in [-0.2, -0.15) is 4.98 Å². The lowest BCUT2D eigenvalue weighted by molar-refractivity contribution is 0.378. The van der Waals surface area contributed by atoms with Crippen LogP contribution in [0.3, 0.4) is 0 Å². The number of halogens is 1. The smallest absolute Gasteiger partial charge is 0.244 e. The molecule has 0 spiro atoms. The van der Waals surface area contributed by atoms with E-state index in [1.807, 2.05) is 30.3 Å². The van der Waals surface area contributed by atoms with Gasteiger partial charge in [0.15, 0.2) is 5.76 Å². The van der Waals surface area contributed by atoms with Gasteiger partial charge in [0.2, 0.25) is 11.7 Å². The average Bonchev–Trinajstić information content (AvgIpc) is 2.95. The molecule has 3 rings (SSSR count). The summed E-state index contributed by atoms with van der Waals surface area (Å²) in [5, 5.41) is 4.54. The minimum absolute atomic E-state index is 0.305. The first-order chi connectivity index (χ1) is 8.24. The van der Waals surface area contributed by atoms with Crippen molar-refractivity contribution in [2.24, 2.45) is 0 Å². The van der Waals surface area contributed by atoms with Gasteiger partial charge < -0.3 is 8.94 Å². The molecule has 0 saturated heterocycles. The molecule has 0 saturated carbocycles. The van der Waals surface area contributed by atoms with Crippen LogP contribution in [0.25, 0.3) is 22.6 Å². The van der Waals surface area contributed by atoms with Crippen molar-refractivity contribution in [2.75, 3.05) is 0 Å². The largest absolute Gasteiger partial charge is 0.453 e. The van der Waals surface area contributed by atoms with Gasteiger partial charge in [-0.3, -0.25) is 0 Å². The van der Waals surface area contributed by atoms with Crippen LogP contribution in [0.2, 0.25) is 0 Å². The fourth-order valence-corrected chi connectivity index (χ4v) is 1.68. The van der Waals surface area contributed by atoms with E-state index in [-0.39, 0.29) is 5.38 Å². The first kappa shape index (κ1) is 10.4. The summed E-state index contributed by atoms with van der Waals surface area (Å²) in [6.07, 6.45) is 0. The Hall–Kier alpha value is -1.81. The van der Waals surface area contributed by atoms with Crippen molar-refractivity contribution in [3.63, 3.8) is 0 Å². The highest BCUT2D eigenvalue weighted by atomic mass is 35.5. The van der Waals surface area contributed by atoms with Gasteiger partial charge in [0, 0.05) is 5.39 Å². The van der Waals surface area contributed by atoms with Crippen molar-refractivity contribution < 1.29 is 8.94 Å². The zero-order chi connectivity index (χ0) is 11.8. The number of fused-ring (bicyclic) bond motifs is 1. The molecule has 0 aliphatic carbocycles. The van der Waals surface area contributed by atoms with Crippen LogP contribution in [0.5, 0.6) is 0 Å². The first-order valence-corrected chi connectivity index (χ1v) is 5.64. The predicted octanol–water partition coefficient (Wildman–Crippen LogP) is 3.78. The van der Waals surface area contributed by atoms with Crippen LogP contribution in [-0.2, 0) is 0 Å². The van der Waals surface area contributed by atoms with Crippen molar-refractivity contribution >= 4 is 22.6 Å². The Kier molecular flexibility index (Phi) is 2.37. The van der Waals surface area contributed by atoms with Crippen molar-refractivity contribution in [1.29, 1.82) is 0 Å². The zero-order valence-electron chi connectivity index (χ0n) is 9.05. The average molecular weight is 249 g/mol. The Morgan fingerprint density at radius 1 is 1.29 bits per heavy atom. The standard InChI is InChI=1S/C12H9ClN2O2/c1-7(13)12-14-11(15-17-12)10-6-8-4-2-3-5-9(8)16-10/h2-7H,1H3. The number of benzene rings is 1. The van der Waals surface area contributed by atoms with Gasteiger partial charge >= 0.3 is 0 Å². The number of aromatic nitrogens is 2. The summed E-state index contributed by atoms with van der Waals surface area (Å²) in [6, 6.07) is 9.60. The van der Waals surface area contributed by atoms with E-state index in [0.29, 0.717) is 17.5 Å². The summed E-state index contributed by atoms with van der Waals surface area (Å²) < 4.78 is 10.6. The molecular formula is C12H9ClN2O2. The SMILES string of the molecule is CC(Cl)c1nc(-c2cc3ccccc3o2)no1. The van der Waals surface area contributed by atoms with E-state index >= 15 is 0 Å². The molecule has 0 amide bonds. The molecule has 1 atom stereocenters. The molecule has 2 heterocycles. The molecule has 1 unspecified atom stereocenters. The Balaban J connectivity index is 2.07. The van der Waals surface area contributed by atoms with Gasteiger partial charge in [-0.05, 0) is 19.1 Å². The van der Waals surface area contributed by atoms with Crippen LogP contribution in [0.4, 0.5) is 0 Å². The van der Waals surface area contributed by atoms with Crippen LogP contribution in [0, 0.1) is 0 Å². The molecular weight excluding hydrogens is 240 g/mol. The van der Waals surface area contributed by atoms with E-state index in [2.05, 4.69) is 10.1 Å². The summed E-state index contributed by atoms with van der Waals surface area (Å²) in [5.74, 6) is 1.39. The first-order valence-electron chi connectivity index (χ1n) is 5.20. The van der Waals surface area contributed by atoms with E-state index < -0.39 is 0 Å². The summed E-state index contributed by atoms with van der Waals surface area (Å²) >= 11 is 5.86.